The molecular formula is C12H13ClN2O3. The third-order valence-electron chi connectivity index (χ3n) is 3.13. The minimum absolute atomic E-state index is 0.00551. The van der Waals surface area contributed by atoms with E-state index in [-0.39, 0.29) is 11.6 Å². The van der Waals surface area contributed by atoms with E-state index in [4.69, 9.17) is 11.6 Å². The molecule has 0 aromatic heterocycles. The van der Waals surface area contributed by atoms with Crippen LogP contribution < -0.4 is 4.90 Å². The van der Waals surface area contributed by atoms with E-state index in [0.29, 0.717) is 17.3 Å². The highest BCUT2D eigenvalue weighted by Gasteiger charge is 2.25. The number of nitrogens with zero attached hydrogens (tertiary/aromatic N) is 2. The van der Waals surface area contributed by atoms with Crippen LogP contribution in [0.2, 0.25) is 5.02 Å². The van der Waals surface area contributed by atoms with Crippen molar-refractivity contribution < 1.29 is 9.72 Å². The summed E-state index contributed by atoms with van der Waals surface area (Å²) in [5.74, 6) is -0.0472. The maximum Gasteiger partial charge on any atom is 0.294 e. The third kappa shape index (κ3) is 2.61. The number of rotatable bonds is 3. The fourth-order valence-electron chi connectivity index (χ4n) is 2.25. The van der Waals surface area contributed by atoms with Gasteiger partial charge in [0.1, 0.15) is 12.0 Å². The van der Waals surface area contributed by atoms with Crippen LogP contribution in [0.25, 0.3) is 0 Å². The summed E-state index contributed by atoms with van der Waals surface area (Å²) in [7, 11) is 0. The van der Waals surface area contributed by atoms with Crippen LogP contribution in [0.5, 0.6) is 0 Å². The number of carbonyl (C=O) groups excluding carboxylic acids is 1. The summed E-state index contributed by atoms with van der Waals surface area (Å²) in [5, 5.41) is 11.4. The van der Waals surface area contributed by atoms with E-state index in [2.05, 4.69) is 0 Å². The van der Waals surface area contributed by atoms with Crippen LogP contribution in [0, 0.1) is 16.0 Å². The van der Waals surface area contributed by atoms with E-state index in [1.54, 1.807) is 12.1 Å². The van der Waals surface area contributed by atoms with Crippen LogP contribution in [0.15, 0.2) is 18.2 Å². The van der Waals surface area contributed by atoms with E-state index in [9.17, 15) is 14.9 Å². The van der Waals surface area contributed by atoms with Gasteiger partial charge in [0.2, 0.25) is 0 Å². The van der Waals surface area contributed by atoms with Crippen molar-refractivity contribution in [3.63, 3.8) is 0 Å². The molecule has 0 amide bonds. The average molecular weight is 269 g/mol. The Hall–Kier alpha value is -1.62. The second kappa shape index (κ2) is 5.35. The van der Waals surface area contributed by atoms with E-state index in [1.807, 2.05) is 4.90 Å². The molecule has 5 nitrogen and oxygen atoms in total. The molecule has 1 aromatic carbocycles. The normalized spacial score (nSPS) is 19.6. The molecule has 0 saturated carbocycles. The molecule has 0 N–H and O–H groups in total. The number of hydrogen-bond acceptors (Lipinski definition) is 4. The van der Waals surface area contributed by atoms with Gasteiger partial charge in [-0.2, -0.15) is 0 Å². The van der Waals surface area contributed by atoms with Crippen molar-refractivity contribution in [2.45, 2.75) is 12.8 Å². The lowest BCUT2D eigenvalue weighted by atomic mass is 9.99. The fraction of sp³-hybridized carbons (Fsp3) is 0.417. The number of halogens is 1. The first-order chi connectivity index (χ1) is 8.61. The Morgan fingerprint density at radius 2 is 2.28 bits per heavy atom. The van der Waals surface area contributed by atoms with Crippen LogP contribution in [-0.4, -0.2) is 24.3 Å². The van der Waals surface area contributed by atoms with E-state index in [0.717, 1.165) is 25.7 Å². The zero-order chi connectivity index (χ0) is 13.1. The zero-order valence-corrected chi connectivity index (χ0v) is 10.5. The molecule has 1 unspecified atom stereocenters. The number of anilines is 1. The van der Waals surface area contributed by atoms with Gasteiger partial charge in [0.15, 0.2) is 0 Å². The molecule has 0 radical (unpaired) electrons. The Labute approximate surface area is 109 Å². The van der Waals surface area contributed by atoms with Gasteiger partial charge in [0, 0.05) is 30.1 Å². The Kier molecular flexibility index (Phi) is 3.81. The van der Waals surface area contributed by atoms with Gasteiger partial charge in [-0.3, -0.25) is 10.1 Å². The summed E-state index contributed by atoms with van der Waals surface area (Å²) in [5.41, 5.74) is 0.532. The molecule has 1 saturated heterocycles. The number of nitro groups is 1. The molecule has 6 heteroatoms. The lowest BCUT2D eigenvalue weighted by Gasteiger charge is -2.31. The average Bonchev–Trinajstić information content (AvgIpc) is 2.38. The van der Waals surface area contributed by atoms with Crippen LogP contribution in [0.1, 0.15) is 12.8 Å². The number of nitro benzene ring substituents is 1. The van der Waals surface area contributed by atoms with Crippen molar-refractivity contribution in [3.05, 3.63) is 33.3 Å². The standard InChI is InChI=1S/C12H13ClN2O3/c13-10-3-4-11(12(6-10)15(17)18)14-5-1-2-9(7-14)8-16/h3-4,6,8-9H,1-2,5,7H2. The summed E-state index contributed by atoms with van der Waals surface area (Å²) < 4.78 is 0. The summed E-state index contributed by atoms with van der Waals surface area (Å²) in [6.45, 7) is 1.26. The van der Waals surface area contributed by atoms with Crippen molar-refractivity contribution >= 4 is 29.3 Å². The van der Waals surface area contributed by atoms with Gasteiger partial charge >= 0.3 is 0 Å². The molecule has 1 fully saturated rings. The topological polar surface area (TPSA) is 63.5 Å². The summed E-state index contributed by atoms with van der Waals surface area (Å²) >= 11 is 5.78. The highest BCUT2D eigenvalue weighted by atomic mass is 35.5. The maximum absolute atomic E-state index is 11.0. The van der Waals surface area contributed by atoms with Crippen LogP contribution >= 0.6 is 11.6 Å². The largest absolute Gasteiger partial charge is 0.365 e. The van der Waals surface area contributed by atoms with Gasteiger partial charge in [-0.15, -0.1) is 0 Å². The fourth-order valence-corrected chi connectivity index (χ4v) is 2.42. The first-order valence-corrected chi connectivity index (χ1v) is 6.14. The minimum Gasteiger partial charge on any atom is -0.365 e. The molecule has 2 rings (SSSR count). The molecule has 1 heterocycles. The van der Waals surface area contributed by atoms with E-state index in [1.165, 1.54) is 6.07 Å². The number of benzene rings is 1. The molecule has 18 heavy (non-hydrogen) atoms. The predicted molar refractivity (Wildman–Crippen MR) is 69.1 cm³/mol. The number of carbonyl (C=O) groups is 1. The van der Waals surface area contributed by atoms with Crippen LogP contribution in [0.3, 0.4) is 0 Å². The second-order valence-corrected chi connectivity index (χ2v) is 4.81. The molecule has 96 valence electrons. The first kappa shape index (κ1) is 12.8. The van der Waals surface area contributed by atoms with Crippen molar-refractivity contribution in [1.29, 1.82) is 0 Å². The van der Waals surface area contributed by atoms with Gasteiger partial charge in [-0.25, -0.2) is 0 Å². The Balaban J connectivity index is 2.32. The van der Waals surface area contributed by atoms with E-state index >= 15 is 0 Å². The monoisotopic (exact) mass is 268 g/mol. The van der Waals surface area contributed by atoms with Crippen LogP contribution in [0.4, 0.5) is 11.4 Å². The Bertz CT molecular complexity index is 478. The summed E-state index contributed by atoms with van der Waals surface area (Å²) in [6.07, 6.45) is 2.64. The molecular weight excluding hydrogens is 256 g/mol. The highest BCUT2D eigenvalue weighted by Crippen LogP contribution is 2.33. The number of hydrogen-bond donors (Lipinski definition) is 0. The summed E-state index contributed by atoms with van der Waals surface area (Å²) in [4.78, 5) is 23.3. The van der Waals surface area contributed by atoms with Crippen molar-refractivity contribution in [2.75, 3.05) is 18.0 Å². The summed E-state index contributed by atoms with van der Waals surface area (Å²) in [6, 6.07) is 4.63. The minimum atomic E-state index is -0.439. The van der Waals surface area contributed by atoms with Gasteiger partial charge in [0.25, 0.3) is 5.69 Å². The predicted octanol–water partition coefficient (Wildman–Crippen LogP) is 2.66. The molecule has 0 bridgehead atoms. The van der Waals surface area contributed by atoms with Crippen molar-refractivity contribution in [1.82, 2.24) is 0 Å². The SMILES string of the molecule is O=CC1CCCN(c2ccc(Cl)cc2[N+](=O)[O-])C1. The molecule has 1 aliphatic rings. The van der Waals surface area contributed by atoms with Gasteiger partial charge < -0.3 is 9.69 Å². The molecule has 1 aromatic rings. The molecule has 0 aliphatic carbocycles. The number of aldehydes is 1. The van der Waals surface area contributed by atoms with Crippen molar-refractivity contribution in [2.24, 2.45) is 5.92 Å². The molecule has 0 spiro atoms. The van der Waals surface area contributed by atoms with Gasteiger partial charge in [-0.05, 0) is 25.0 Å². The lowest BCUT2D eigenvalue weighted by molar-refractivity contribution is -0.384. The quantitative estimate of drug-likeness (QED) is 0.480. The lowest BCUT2D eigenvalue weighted by Crippen LogP contribution is -2.36. The second-order valence-electron chi connectivity index (χ2n) is 4.37. The van der Waals surface area contributed by atoms with Gasteiger partial charge in [-0.1, -0.05) is 11.6 Å². The number of piperidine rings is 1. The Morgan fingerprint density at radius 1 is 1.50 bits per heavy atom. The van der Waals surface area contributed by atoms with Gasteiger partial charge in [0.05, 0.1) is 4.92 Å². The molecule has 1 atom stereocenters. The third-order valence-corrected chi connectivity index (χ3v) is 3.36. The first-order valence-electron chi connectivity index (χ1n) is 5.76. The van der Waals surface area contributed by atoms with E-state index < -0.39 is 4.92 Å². The maximum atomic E-state index is 11.0. The zero-order valence-electron chi connectivity index (χ0n) is 9.71. The van der Waals surface area contributed by atoms with Crippen LogP contribution in [-0.2, 0) is 4.79 Å². The Morgan fingerprint density at radius 3 is 2.94 bits per heavy atom. The highest BCUT2D eigenvalue weighted by molar-refractivity contribution is 6.30. The molecule has 1 aliphatic heterocycles. The van der Waals surface area contributed by atoms with Crippen molar-refractivity contribution in [3.8, 4) is 0 Å². The smallest absolute Gasteiger partial charge is 0.294 e.